The van der Waals surface area contributed by atoms with E-state index >= 15 is 0 Å². The molecular formula is C33H39BO2. The summed E-state index contributed by atoms with van der Waals surface area (Å²) in [6, 6.07) is 25.0. The fourth-order valence-electron chi connectivity index (χ4n) is 5.50. The van der Waals surface area contributed by atoms with Crippen LogP contribution in [0.1, 0.15) is 71.4 Å². The molecule has 1 fully saturated rings. The van der Waals surface area contributed by atoms with Crippen molar-refractivity contribution in [1.82, 2.24) is 0 Å². The van der Waals surface area contributed by atoms with Crippen LogP contribution in [-0.4, -0.2) is 18.8 Å². The smallest absolute Gasteiger partial charge is 0.402 e. The van der Waals surface area contributed by atoms with Crippen LogP contribution in [0.4, 0.5) is 0 Å². The van der Waals surface area contributed by atoms with Gasteiger partial charge in [-0.2, -0.15) is 0 Å². The topological polar surface area (TPSA) is 18.5 Å². The maximum atomic E-state index is 6.55. The second-order valence-corrected chi connectivity index (χ2v) is 11.0. The second kappa shape index (κ2) is 10.4. The number of fused-ring (bicyclic) bond motifs is 2. The van der Waals surface area contributed by atoms with Gasteiger partial charge in [-0.15, -0.1) is 0 Å². The Hall–Kier alpha value is -2.62. The maximum Gasteiger partial charge on any atom is 0.495 e. The Balaban J connectivity index is 1.79. The predicted octanol–water partition coefficient (Wildman–Crippen LogP) is 8.25. The summed E-state index contributed by atoms with van der Waals surface area (Å²) in [6.07, 6.45) is 7.08. The molecule has 186 valence electrons. The van der Waals surface area contributed by atoms with Crippen molar-refractivity contribution in [2.24, 2.45) is 0 Å². The zero-order valence-corrected chi connectivity index (χ0v) is 22.6. The van der Waals surface area contributed by atoms with Crippen LogP contribution in [0.25, 0.3) is 32.7 Å². The van der Waals surface area contributed by atoms with Crippen LogP contribution in [0.15, 0.2) is 66.7 Å². The molecule has 3 heteroatoms. The van der Waals surface area contributed by atoms with Gasteiger partial charge in [0.25, 0.3) is 0 Å². The molecule has 36 heavy (non-hydrogen) atoms. The lowest BCUT2D eigenvalue weighted by atomic mass is 9.71. The van der Waals surface area contributed by atoms with Crippen LogP contribution < -0.4 is 5.46 Å². The molecule has 0 N–H and O–H groups in total. The first-order chi connectivity index (χ1) is 17.4. The molecule has 0 amide bonds. The van der Waals surface area contributed by atoms with E-state index in [1.54, 1.807) is 0 Å². The van der Waals surface area contributed by atoms with Gasteiger partial charge in [-0.25, -0.2) is 0 Å². The molecule has 4 aromatic rings. The quantitative estimate of drug-likeness (QED) is 0.187. The third kappa shape index (κ3) is 4.72. The molecule has 2 nitrogen and oxygen atoms in total. The van der Waals surface area contributed by atoms with E-state index in [4.69, 9.17) is 9.31 Å². The van der Waals surface area contributed by atoms with Crippen LogP contribution >= 0.6 is 0 Å². The monoisotopic (exact) mass is 478 g/mol. The summed E-state index contributed by atoms with van der Waals surface area (Å²) in [4.78, 5) is 0. The SMILES string of the molecule is CCCCc1cccc(-c2c3ccccc3c(B3OC(C)C(C)(C)O3)c3ccc(CCCC)cc23)c1. The van der Waals surface area contributed by atoms with Gasteiger partial charge in [0.2, 0.25) is 0 Å². The van der Waals surface area contributed by atoms with Gasteiger partial charge in [0.1, 0.15) is 0 Å². The zero-order valence-electron chi connectivity index (χ0n) is 22.6. The number of hydrogen-bond acceptors (Lipinski definition) is 2. The molecule has 0 radical (unpaired) electrons. The highest BCUT2D eigenvalue weighted by molar-refractivity contribution is 6.68. The summed E-state index contributed by atoms with van der Waals surface area (Å²) in [5.74, 6) is 0. The highest BCUT2D eigenvalue weighted by atomic mass is 16.7. The molecule has 1 saturated heterocycles. The number of unbranched alkanes of at least 4 members (excludes halogenated alkanes) is 2. The molecule has 4 aromatic carbocycles. The number of aryl methyl sites for hydroxylation is 2. The Morgan fingerprint density at radius 2 is 1.42 bits per heavy atom. The van der Waals surface area contributed by atoms with E-state index in [-0.39, 0.29) is 18.8 Å². The first kappa shape index (κ1) is 25.1. The van der Waals surface area contributed by atoms with Gasteiger partial charge in [0, 0.05) is 0 Å². The van der Waals surface area contributed by atoms with E-state index in [2.05, 4.69) is 101 Å². The normalized spacial score (nSPS) is 17.4. The van der Waals surface area contributed by atoms with E-state index in [1.807, 2.05) is 0 Å². The molecule has 0 saturated carbocycles. The van der Waals surface area contributed by atoms with Crippen molar-refractivity contribution in [2.45, 2.75) is 84.8 Å². The van der Waals surface area contributed by atoms with Crippen molar-refractivity contribution < 1.29 is 9.31 Å². The number of benzene rings is 4. The van der Waals surface area contributed by atoms with Crippen molar-refractivity contribution in [3.63, 3.8) is 0 Å². The van der Waals surface area contributed by atoms with Gasteiger partial charge in [-0.05, 0) is 95.7 Å². The van der Waals surface area contributed by atoms with Crippen molar-refractivity contribution in [1.29, 1.82) is 0 Å². The molecule has 0 aliphatic carbocycles. The van der Waals surface area contributed by atoms with Crippen molar-refractivity contribution >= 4 is 34.1 Å². The first-order valence-corrected chi connectivity index (χ1v) is 13.8. The van der Waals surface area contributed by atoms with E-state index in [9.17, 15) is 0 Å². The summed E-state index contributed by atoms with van der Waals surface area (Å²) >= 11 is 0. The van der Waals surface area contributed by atoms with E-state index in [0.717, 1.165) is 18.3 Å². The molecule has 1 unspecified atom stereocenters. The lowest BCUT2D eigenvalue weighted by Gasteiger charge is -2.22. The van der Waals surface area contributed by atoms with Crippen molar-refractivity contribution in [3.8, 4) is 11.1 Å². The largest absolute Gasteiger partial charge is 0.495 e. The summed E-state index contributed by atoms with van der Waals surface area (Å²) in [6.45, 7) is 10.9. The fourth-order valence-corrected chi connectivity index (χ4v) is 5.50. The Morgan fingerprint density at radius 3 is 2.08 bits per heavy atom. The maximum absolute atomic E-state index is 6.55. The molecule has 5 rings (SSSR count). The third-order valence-electron chi connectivity index (χ3n) is 7.94. The first-order valence-electron chi connectivity index (χ1n) is 13.8. The Bertz CT molecular complexity index is 1370. The fraction of sp³-hybridized carbons (Fsp3) is 0.394. The van der Waals surface area contributed by atoms with Gasteiger partial charge in [0.05, 0.1) is 11.7 Å². The standard InChI is InChI=1S/C33H39BO2/c1-6-8-13-24-15-12-16-26(21-24)31-27-17-10-11-18-28(27)32(34-35-23(3)33(4,5)36-34)29-20-19-25(14-9-7-2)22-30(29)31/h10-12,15-23H,6-9,13-14H2,1-5H3. The molecular weight excluding hydrogens is 439 g/mol. The van der Waals surface area contributed by atoms with Crippen LogP contribution in [0.3, 0.4) is 0 Å². The van der Waals surface area contributed by atoms with Gasteiger partial charge < -0.3 is 9.31 Å². The summed E-state index contributed by atoms with van der Waals surface area (Å²) in [7, 11) is -0.381. The van der Waals surface area contributed by atoms with Gasteiger partial charge in [-0.1, -0.05) is 93.4 Å². The average molecular weight is 478 g/mol. The summed E-state index contributed by atoms with van der Waals surface area (Å²) in [5.41, 5.74) is 6.26. The van der Waals surface area contributed by atoms with Crippen molar-refractivity contribution in [3.05, 3.63) is 77.9 Å². The minimum Gasteiger partial charge on any atom is -0.402 e. The van der Waals surface area contributed by atoms with Crippen LogP contribution in [-0.2, 0) is 22.2 Å². The Kier molecular flexibility index (Phi) is 7.24. The molecule has 1 aliphatic rings. The minimum atomic E-state index is -0.381. The third-order valence-corrected chi connectivity index (χ3v) is 7.94. The van der Waals surface area contributed by atoms with E-state index < -0.39 is 0 Å². The van der Waals surface area contributed by atoms with Crippen LogP contribution in [0, 0.1) is 0 Å². The molecule has 0 spiro atoms. The number of rotatable bonds is 8. The van der Waals surface area contributed by atoms with Crippen LogP contribution in [0.2, 0.25) is 0 Å². The lowest BCUT2D eigenvalue weighted by molar-refractivity contribution is 0.0842. The minimum absolute atomic E-state index is 0.0232. The van der Waals surface area contributed by atoms with Crippen molar-refractivity contribution in [2.75, 3.05) is 0 Å². The molecule has 0 aromatic heterocycles. The predicted molar refractivity (Wildman–Crippen MR) is 155 cm³/mol. The average Bonchev–Trinajstić information content (AvgIpc) is 3.16. The van der Waals surface area contributed by atoms with Gasteiger partial charge >= 0.3 is 7.12 Å². The van der Waals surface area contributed by atoms with Crippen LogP contribution in [0.5, 0.6) is 0 Å². The lowest BCUT2D eigenvalue weighted by Crippen LogP contribution is -2.36. The van der Waals surface area contributed by atoms with Gasteiger partial charge in [-0.3, -0.25) is 0 Å². The van der Waals surface area contributed by atoms with E-state index in [1.165, 1.54) is 69.5 Å². The molecule has 0 bridgehead atoms. The van der Waals surface area contributed by atoms with E-state index in [0.29, 0.717) is 0 Å². The molecule has 1 atom stereocenters. The summed E-state index contributed by atoms with van der Waals surface area (Å²) in [5, 5.41) is 5.02. The highest BCUT2D eigenvalue weighted by Crippen LogP contribution is 2.38. The second-order valence-electron chi connectivity index (χ2n) is 11.0. The molecule has 1 aliphatic heterocycles. The number of hydrogen-bond donors (Lipinski definition) is 0. The molecule has 1 heterocycles. The Morgan fingerprint density at radius 1 is 0.750 bits per heavy atom. The zero-order chi connectivity index (χ0) is 25.3. The van der Waals surface area contributed by atoms with Gasteiger partial charge in [0.15, 0.2) is 0 Å². The Labute approximate surface area is 217 Å². The summed E-state index contributed by atoms with van der Waals surface area (Å²) < 4.78 is 13.0. The highest BCUT2D eigenvalue weighted by Gasteiger charge is 2.45.